The molecule has 1 rings (SSSR count). The Labute approximate surface area is 78.9 Å². The lowest BCUT2D eigenvalue weighted by Crippen LogP contribution is -2.20. The van der Waals surface area contributed by atoms with Crippen LogP contribution in [-0.4, -0.2) is 9.55 Å². The summed E-state index contributed by atoms with van der Waals surface area (Å²) >= 11 is 3.23. The van der Waals surface area contributed by atoms with Gasteiger partial charge < -0.3 is 0 Å². The molecule has 0 atom stereocenters. The third-order valence-corrected chi connectivity index (χ3v) is 1.95. The molecule has 3 nitrogen and oxygen atoms in total. The van der Waals surface area contributed by atoms with E-state index >= 15 is 0 Å². The zero-order valence-corrected chi connectivity index (χ0v) is 8.34. The first kappa shape index (κ1) is 9.19. The fourth-order valence-electron chi connectivity index (χ4n) is 0.831. The predicted octanol–water partition coefficient (Wildman–Crippen LogP) is 1.58. The van der Waals surface area contributed by atoms with Gasteiger partial charge in [0.15, 0.2) is 0 Å². The molecule has 0 aliphatic heterocycles. The number of nitrogens with zero attached hydrogens (tertiary/aromatic N) is 2. The van der Waals surface area contributed by atoms with Crippen LogP contribution in [0.1, 0.15) is 6.92 Å². The molecule has 0 aliphatic carbocycles. The lowest BCUT2D eigenvalue weighted by atomic mass is 10.3. The summed E-state index contributed by atoms with van der Waals surface area (Å²) < 4.78 is 2.24. The Kier molecular flexibility index (Phi) is 2.81. The summed E-state index contributed by atoms with van der Waals surface area (Å²) in [7, 11) is 0. The smallest absolute Gasteiger partial charge is 0.270 e. The van der Waals surface area contributed by atoms with E-state index in [2.05, 4.69) is 27.5 Å². The zero-order chi connectivity index (χ0) is 9.14. The highest BCUT2D eigenvalue weighted by molar-refractivity contribution is 9.10. The number of allylic oxidation sites excluding steroid dienone is 1. The number of halogens is 1. The second-order valence-electron chi connectivity index (χ2n) is 2.61. The van der Waals surface area contributed by atoms with Crippen molar-refractivity contribution in [2.45, 2.75) is 13.5 Å². The third kappa shape index (κ3) is 2.04. The van der Waals surface area contributed by atoms with Crippen molar-refractivity contribution >= 4 is 15.9 Å². The highest BCUT2D eigenvalue weighted by Crippen LogP contribution is 2.05. The lowest BCUT2D eigenvalue weighted by Gasteiger charge is -2.05. The second kappa shape index (κ2) is 3.67. The first-order valence-electron chi connectivity index (χ1n) is 3.46. The van der Waals surface area contributed by atoms with E-state index in [1.165, 1.54) is 6.20 Å². The first-order valence-corrected chi connectivity index (χ1v) is 4.25. The van der Waals surface area contributed by atoms with Crippen LogP contribution in [0.3, 0.4) is 0 Å². The topological polar surface area (TPSA) is 34.9 Å². The van der Waals surface area contributed by atoms with Crippen molar-refractivity contribution < 1.29 is 0 Å². The maximum atomic E-state index is 11.2. The van der Waals surface area contributed by atoms with E-state index in [0.29, 0.717) is 11.1 Å². The average Bonchev–Trinajstić information content (AvgIpc) is 1.97. The molecule has 0 spiro atoms. The van der Waals surface area contributed by atoms with E-state index in [1.54, 1.807) is 10.8 Å². The van der Waals surface area contributed by atoms with Crippen molar-refractivity contribution in [3.05, 3.63) is 39.5 Å². The molecule has 0 aliphatic rings. The quantitative estimate of drug-likeness (QED) is 0.721. The molecule has 0 unspecified atom stereocenters. The van der Waals surface area contributed by atoms with Gasteiger partial charge in [0, 0.05) is 6.54 Å². The predicted molar refractivity (Wildman–Crippen MR) is 51.0 cm³/mol. The third-order valence-electron chi connectivity index (χ3n) is 1.32. The van der Waals surface area contributed by atoms with Crippen molar-refractivity contribution in [2.75, 3.05) is 0 Å². The molecule has 0 aromatic carbocycles. The summed E-state index contributed by atoms with van der Waals surface area (Å²) in [5, 5.41) is 0. The molecule has 0 amide bonds. The van der Waals surface area contributed by atoms with Crippen LogP contribution in [0.5, 0.6) is 0 Å². The van der Waals surface area contributed by atoms with Crippen LogP contribution in [0.2, 0.25) is 0 Å². The second-order valence-corrected chi connectivity index (χ2v) is 3.42. The van der Waals surface area contributed by atoms with Crippen LogP contribution in [0.25, 0.3) is 0 Å². The molecule has 1 aromatic heterocycles. The van der Waals surface area contributed by atoms with Crippen LogP contribution in [-0.2, 0) is 6.54 Å². The zero-order valence-electron chi connectivity index (χ0n) is 6.75. The average molecular weight is 229 g/mol. The fourth-order valence-corrected chi connectivity index (χ4v) is 1.25. The molecule has 0 saturated heterocycles. The van der Waals surface area contributed by atoms with E-state index in [1.807, 2.05) is 6.92 Å². The molecule has 0 saturated carbocycles. The summed E-state index contributed by atoms with van der Waals surface area (Å²) in [5.41, 5.74) is 0.816. The Hall–Kier alpha value is -0.900. The molecule has 0 bridgehead atoms. The van der Waals surface area contributed by atoms with E-state index in [-0.39, 0.29) is 5.56 Å². The number of hydrogen-bond acceptors (Lipinski definition) is 2. The molecular weight excluding hydrogens is 220 g/mol. The standard InChI is InChI=1S/C8H9BrN2O/c1-6(2)5-11-7(9)3-10-4-8(11)12/h3-4H,1,5H2,2H3. The fraction of sp³-hybridized carbons (Fsp3) is 0.250. The highest BCUT2D eigenvalue weighted by atomic mass is 79.9. The normalized spacial score (nSPS) is 9.83. The van der Waals surface area contributed by atoms with Gasteiger partial charge >= 0.3 is 0 Å². The van der Waals surface area contributed by atoms with Crippen LogP contribution >= 0.6 is 15.9 Å². The van der Waals surface area contributed by atoms with E-state index in [0.717, 1.165) is 5.57 Å². The first-order chi connectivity index (χ1) is 5.61. The van der Waals surface area contributed by atoms with E-state index in [9.17, 15) is 4.79 Å². The number of hydrogen-bond donors (Lipinski definition) is 0. The maximum absolute atomic E-state index is 11.2. The van der Waals surface area contributed by atoms with Crippen molar-refractivity contribution in [1.29, 1.82) is 0 Å². The van der Waals surface area contributed by atoms with Crippen molar-refractivity contribution in [1.82, 2.24) is 9.55 Å². The van der Waals surface area contributed by atoms with E-state index < -0.39 is 0 Å². The van der Waals surface area contributed by atoms with Gasteiger partial charge in [-0.15, -0.1) is 0 Å². The van der Waals surface area contributed by atoms with Crippen LogP contribution in [0, 0.1) is 0 Å². The van der Waals surface area contributed by atoms with Crippen molar-refractivity contribution in [3.8, 4) is 0 Å². The molecule has 12 heavy (non-hydrogen) atoms. The van der Waals surface area contributed by atoms with Crippen LogP contribution in [0.15, 0.2) is 33.9 Å². The van der Waals surface area contributed by atoms with Gasteiger partial charge in [0.2, 0.25) is 0 Å². The molecular formula is C8H9BrN2O. The summed E-state index contributed by atoms with van der Waals surface area (Å²) in [5.74, 6) is 0. The van der Waals surface area contributed by atoms with Crippen LogP contribution in [0.4, 0.5) is 0 Å². The molecule has 4 heteroatoms. The number of aromatic nitrogens is 2. The van der Waals surface area contributed by atoms with Gasteiger partial charge in [0.1, 0.15) is 4.60 Å². The Morgan fingerprint density at radius 3 is 2.92 bits per heavy atom. The summed E-state index contributed by atoms with van der Waals surface area (Å²) in [6.45, 7) is 6.14. The Morgan fingerprint density at radius 2 is 2.42 bits per heavy atom. The van der Waals surface area contributed by atoms with Gasteiger partial charge in [-0.3, -0.25) is 14.3 Å². The van der Waals surface area contributed by atoms with Gasteiger partial charge in [-0.25, -0.2) is 0 Å². The molecule has 64 valence electrons. The van der Waals surface area contributed by atoms with E-state index in [4.69, 9.17) is 0 Å². The van der Waals surface area contributed by atoms with Gasteiger partial charge in [0.05, 0.1) is 12.4 Å². The molecule has 0 N–H and O–H groups in total. The summed E-state index contributed by atoms with van der Waals surface area (Å²) in [6.07, 6.45) is 2.87. The summed E-state index contributed by atoms with van der Waals surface area (Å²) in [6, 6.07) is 0. The number of rotatable bonds is 2. The molecule has 1 heterocycles. The van der Waals surface area contributed by atoms with Gasteiger partial charge in [-0.2, -0.15) is 0 Å². The molecule has 0 radical (unpaired) electrons. The van der Waals surface area contributed by atoms with Gasteiger partial charge in [-0.1, -0.05) is 12.2 Å². The van der Waals surface area contributed by atoms with Gasteiger partial charge in [0.25, 0.3) is 5.56 Å². The minimum absolute atomic E-state index is 0.118. The molecule has 0 fully saturated rings. The minimum atomic E-state index is -0.118. The Balaban J connectivity index is 3.13. The Bertz CT molecular complexity index is 356. The SMILES string of the molecule is C=C(C)Cn1c(Br)cncc1=O. The monoisotopic (exact) mass is 228 g/mol. The van der Waals surface area contributed by atoms with Crippen molar-refractivity contribution in [3.63, 3.8) is 0 Å². The molecule has 1 aromatic rings. The van der Waals surface area contributed by atoms with Crippen molar-refractivity contribution in [2.24, 2.45) is 0 Å². The summed E-state index contributed by atoms with van der Waals surface area (Å²) in [4.78, 5) is 14.9. The maximum Gasteiger partial charge on any atom is 0.270 e. The Morgan fingerprint density at radius 1 is 1.75 bits per heavy atom. The largest absolute Gasteiger partial charge is 0.296 e. The minimum Gasteiger partial charge on any atom is -0.296 e. The van der Waals surface area contributed by atoms with Gasteiger partial charge in [-0.05, 0) is 22.9 Å². The lowest BCUT2D eigenvalue weighted by molar-refractivity contribution is 0.719. The van der Waals surface area contributed by atoms with Crippen LogP contribution < -0.4 is 5.56 Å². The highest BCUT2D eigenvalue weighted by Gasteiger charge is 1.99.